The molecule has 0 bridgehead atoms. The molecule has 1 aromatic rings. The number of hydrogen-bond acceptors (Lipinski definition) is 6. The van der Waals surface area contributed by atoms with Gasteiger partial charge in [-0.15, -0.1) is 11.8 Å². The fraction of sp³-hybridized carbons (Fsp3) is 0.412. The lowest BCUT2D eigenvalue weighted by Crippen LogP contribution is -2.70. The van der Waals surface area contributed by atoms with Crippen molar-refractivity contribution in [1.29, 1.82) is 0 Å². The number of carboxylic acid groups (broad SMARTS) is 1. The van der Waals surface area contributed by atoms with Gasteiger partial charge in [0.2, 0.25) is 5.91 Å². The number of rotatable bonds is 7. The standard InChI is InChI=1S/C17H19N3O4S2/c1-2-25-9-12(21)19-13-15(22)20-14(17(23)24)11(8-26-16(13)20)6-10-4-3-5-18-7-10/h3-5,7,13,16H,2,6,8-9H2,1H3,(H,19,21)(H,23,24)/t13-,16-/m1/s1. The van der Waals surface area contributed by atoms with E-state index in [9.17, 15) is 19.5 Å². The molecule has 0 spiro atoms. The van der Waals surface area contributed by atoms with Gasteiger partial charge in [0.05, 0.1) is 5.75 Å². The topological polar surface area (TPSA) is 99.6 Å². The molecule has 2 aliphatic rings. The predicted molar refractivity (Wildman–Crippen MR) is 101 cm³/mol. The first-order valence-electron chi connectivity index (χ1n) is 8.19. The van der Waals surface area contributed by atoms with E-state index in [-0.39, 0.29) is 22.9 Å². The monoisotopic (exact) mass is 393 g/mol. The van der Waals surface area contributed by atoms with Crippen molar-refractivity contribution in [3.63, 3.8) is 0 Å². The number of carboxylic acids is 1. The van der Waals surface area contributed by atoms with Crippen molar-refractivity contribution in [3.8, 4) is 0 Å². The van der Waals surface area contributed by atoms with Gasteiger partial charge in [-0.25, -0.2) is 4.79 Å². The molecule has 3 heterocycles. The molecule has 0 aromatic carbocycles. The lowest BCUT2D eigenvalue weighted by atomic mass is 9.99. The maximum atomic E-state index is 12.5. The Morgan fingerprint density at radius 1 is 1.50 bits per heavy atom. The smallest absolute Gasteiger partial charge is 0.352 e. The third-order valence-corrected chi connectivity index (χ3v) is 6.36. The lowest BCUT2D eigenvalue weighted by molar-refractivity contribution is -0.150. The molecule has 1 saturated heterocycles. The Hall–Kier alpha value is -2.00. The van der Waals surface area contributed by atoms with E-state index >= 15 is 0 Å². The zero-order chi connectivity index (χ0) is 18.7. The second-order valence-electron chi connectivity index (χ2n) is 5.89. The summed E-state index contributed by atoms with van der Waals surface area (Å²) in [4.78, 5) is 41.5. The first kappa shape index (κ1) is 18.8. The minimum atomic E-state index is -1.12. The van der Waals surface area contributed by atoms with Gasteiger partial charge in [-0.3, -0.25) is 19.5 Å². The van der Waals surface area contributed by atoms with E-state index in [1.54, 1.807) is 18.5 Å². The van der Waals surface area contributed by atoms with Crippen molar-refractivity contribution in [2.75, 3.05) is 17.3 Å². The average Bonchev–Trinajstić information content (AvgIpc) is 2.64. The van der Waals surface area contributed by atoms with Crippen LogP contribution in [0, 0.1) is 0 Å². The minimum Gasteiger partial charge on any atom is -0.477 e. The fourth-order valence-corrected chi connectivity index (χ4v) is 4.80. The third kappa shape index (κ3) is 3.73. The normalized spacial score (nSPS) is 21.9. The van der Waals surface area contributed by atoms with Crippen LogP contribution in [0.4, 0.5) is 0 Å². The van der Waals surface area contributed by atoms with Crippen molar-refractivity contribution in [3.05, 3.63) is 41.4 Å². The summed E-state index contributed by atoms with van der Waals surface area (Å²) < 4.78 is 0. The van der Waals surface area contributed by atoms with Crippen LogP contribution in [-0.4, -0.2) is 61.4 Å². The van der Waals surface area contributed by atoms with E-state index in [1.807, 2.05) is 13.0 Å². The summed E-state index contributed by atoms with van der Waals surface area (Å²) in [5.74, 6) is -0.0588. The van der Waals surface area contributed by atoms with E-state index < -0.39 is 12.0 Å². The summed E-state index contributed by atoms with van der Waals surface area (Å²) in [6, 6.07) is 3.02. The van der Waals surface area contributed by atoms with E-state index in [0.717, 1.165) is 11.3 Å². The van der Waals surface area contributed by atoms with Crippen LogP contribution in [0.1, 0.15) is 12.5 Å². The second-order valence-corrected chi connectivity index (χ2v) is 8.27. The summed E-state index contributed by atoms with van der Waals surface area (Å²) in [5, 5.41) is 12.0. The van der Waals surface area contributed by atoms with Gasteiger partial charge in [0.25, 0.3) is 5.91 Å². The Morgan fingerprint density at radius 2 is 2.31 bits per heavy atom. The predicted octanol–water partition coefficient (Wildman–Crippen LogP) is 1.12. The number of carbonyl (C=O) groups is 3. The van der Waals surface area contributed by atoms with Gasteiger partial charge in [-0.05, 0) is 29.4 Å². The number of amides is 2. The number of nitrogens with one attached hydrogen (secondary N) is 1. The van der Waals surface area contributed by atoms with Crippen LogP contribution in [0.15, 0.2) is 35.8 Å². The number of hydrogen-bond donors (Lipinski definition) is 2. The molecule has 26 heavy (non-hydrogen) atoms. The first-order valence-corrected chi connectivity index (χ1v) is 10.4. The Labute approximate surface area is 159 Å². The van der Waals surface area contributed by atoms with E-state index in [0.29, 0.717) is 23.5 Å². The largest absolute Gasteiger partial charge is 0.477 e. The second kappa shape index (κ2) is 8.13. The molecular weight excluding hydrogens is 374 g/mol. The SMILES string of the molecule is CCSCC(=O)N[C@@H]1C(=O)N2C(C(=O)O)=C(Cc3cccnc3)CS[C@H]12. The van der Waals surface area contributed by atoms with E-state index in [4.69, 9.17) is 0 Å². The van der Waals surface area contributed by atoms with Crippen LogP contribution in [-0.2, 0) is 20.8 Å². The number of nitrogens with zero attached hydrogens (tertiary/aromatic N) is 2. The van der Waals surface area contributed by atoms with Crippen LogP contribution >= 0.6 is 23.5 Å². The van der Waals surface area contributed by atoms with Gasteiger partial charge >= 0.3 is 5.97 Å². The number of carbonyl (C=O) groups excluding carboxylic acids is 2. The molecule has 9 heteroatoms. The Kier molecular flexibility index (Phi) is 5.87. The maximum absolute atomic E-state index is 12.5. The van der Waals surface area contributed by atoms with Gasteiger partial charge in [0, 0.05) is 18.1 Å². The molecule has 2 atom stereocenters. The highest BCUT2D eigenvalue weighted by molar-refractivity contribution is 8.00. The molecule has 7 nitrogen and oxygen atoms in total. The van der Waals surface area contributed by atoms with Crippen molar-refractivity contribution in [2.24, 2.45) is 0 Å². The van der Waals surface area contributed by atoms with Gasteiger partial charge in [-0.1, -0.05) is 13.0 Å². The third-order valence-electron chi connectivity index (χ3n) is 4.14. The summed E-state index contributed by atoms with van der Waals surface area (Å²) >= 11 is 2.96. The van der Waals surface area contributed by atoms with Gasteiger partial charge in [-0.2, -0.15) is 11.8 Å². The lowest BCUT2D eigenvalue weighted by Gasteiger charge is -2.49. The summed E-state index contributed by atoms with van der Waals surface area (Å²) in [6.45, 7) is 1.96. The van der Waals surface area contributed by atoms with Crippen molar-refractivity contribution < 1.29 is 19.5 Å². The molecular formula is C17H19N3O4S2. The molecule has 0 aliphatic carbocycles. The van der Waals surface area contributed by atoms with E-state index in [2.05, 4.69) is 10.3 Å². The fourth-order valence-electron chi connectivity index (χ4n) is 2.98. The van der Waals surface area contributed by atoms with Crippen LogP contribution in [0.2, 0.25) is 0 Å². The molecule has 0 saturated carbocycles. The average molecular weight is 393 g/mol. The highest BCUT2D eigenvalue weighted by atomic mass is 32.2. The van der Waals surface area contributed by atoms with Crippen LogP contribution in [0.25, 0.3) is 0 Å². The van der Waals surface area contributed by atoms with Crippen molar-refractivity contribution in [1.82, 2.24) is 15.2 Å². The Bertz CT molecular complexity index is 754. The molecule has 2 aliphatic heterocycles. The van der Waals surface area contributed by atoms with Crippen LogP contribution in [0.5, 0.6) is 0 Å². The zero-order valence-electron chi connectivity index (χ0n) is 14.2. The highest BCUT2D eigenvalue weighted by Gasteiger charge is 2.54. The van der Waals surface area contributed by atoms with Crippen LogP contribution < -0.4 is 5.32 Å². The van der Waals surface area contributed by atoms with Gasteiger partial charge in [0.1, 0.15) is 17.1 Å². The maximum Gasteiger partial charge on any atom is 0.352 e. The number of β-lactam (4-membered cyclic amide) rings is 1. The highest BCUT2D eigenvalue weighted by Crippen LogP contribution is 2.41. The number of thioether (sulfide) groups is 2. The number of pyridine rings is 1. The molecule has 0 unspecified atom stereocenters. The summed E-state index contributed by atoms with van der Waals surface area (Å²) in [6.07, 6.45) is 3.78. The van der Waals surface area contributed by atoms with Crippen molar-refractivity contribution >= 4 is 41.3 Å². The molecule has 0 radical (unpaired) electrons. The minimum absolute atomic E-state index is 0.0380. The van der Waals surface area contributed by atoms with Crippen molar-refractivity contribution in [2.45, 2.75) is 24.8 Å². The quantitative estimate of drug-likeness (QED) is 0.670. The number of aliphatic carboxylic acids is 1. The van der Waals surface area contributed by atoms with Gasteiger partial charge in [0.15, 0.2) is 0 Å². The molecule has 1 fully saturated rings. The molecule has 1 aromatic heterocycles. The summed E-state index contributed by atoms with van der Waals surface area (Å²) in [5.41, 5.74) is 1.62. The Balaban J connectivity index is 1.76. The van der Waals surface area contributed by atoms with E-state index in [1.165, 1.54) is 28.4 Å². The number of fused-ring (bicyclic) bond motifs is 1. The Morgan fingerprint density at radius 3 is 2.96 bits per heavy atom. The molecule has 2 N–H and O–H groups in total. The molecule has 138 valence electrons. The van der Waals surface area contributed by atoms with Crippen LogP contribution in [0.3, 0.4) is 0 Å². The number of aromatic nitrogens is 1. The molecule has 2 amide bonds. The van der Waals surface area contributed by atoms with Gasteiger partial charge < -0.3 is 10.4 Å². The molecule has 3 rings (SSSR count). The zero-order valence-corrected chi connectivity index (χ0v) is 15.8. The summed E-state index contributed by atoms with van der Waals surface area (Å²) in [7, 11) is 0. The first-order chi connectivity index (χ1) is 12.5.